The van der Waals surface area contributed by atoms with E-state index in [4.69, 9.17) is 4.74 Å². The summed E-state index contributed by atoms with van der Waals surface area (Å²) in [6.45, 7) is 4.93. The van der Waals surface area contributed by atoms with Crippen molar-refractivity contribution in [3.8, 4) is 5.00 Å². The molecule has 3 aliphatic rings. The summed E-state index contributed by atoms with van der Waals surface area (Å²) in [6.07, 6.45) is 0.677. The maximum Gasteiger partial charge on any atom is 0.241 e. The number of thioether (sulfide) groups is 2. The first-order valence-electron chi connectivity index (χ1n) is 13.8. The van der Waals surface area contributed by atoms with Gasteiger partial charge in [0.1, 0.15) is 5.00 Å². The molecule has 4 aromatic rings. The lowest BCUT2D eigenvalue weighted by Gasteiger charge is -2.33. The normalized spacial score (nSPS) is 18.5. The summed E-state index contributed by atoms with van der Waals surface area (Å²) in [5, 5.41) is 16.2. The predicted octanol–water partition coefficient (Wildman–Crippen LogP) is 5.71. The van der Waals surface area contributed by atoms with Gasteiger partial charge in [-0.3, -0.25) is 19.9 Å². The van der Waals surface area contributed by atoms with Crippen LogP contribution in [0.1, 0.15) is 56.7 Å². The van der Waals surface area contributed by atoms with E-state index in [1.165, 1.54) is 34.0 Å². The van der Waals surface area contributed by atoms with Gasteiger partial charge in [0.25, 0.3) is 0 Å². The van der Waals surface area contributed by atoms with Crippen LogP contribution in [0.15, 0.2) is 70.9 Å². The number of hydrogen-bond donors (Lipinski definition) is 1. The quantitative estimate of drug-likeness (QED) is 0.197. The number of carbonyl (C=O) groups excluding carboxylic acids is 2. The predicted molar refractivity (Wildman–Crippen MR) is 167 cm³/mol. The first-order chi connectivity index (χ1) is 20.5. The van der Waals surface area contributed by atoms with Crippen LogP contribution in [0.3, 0.4) is 0 Å². The maximum absolute atomic E-state index is 12.9. The van der Waals surface area contributed by atoms with E-state index < -0.39 is 0 Å². The van der Waals surface area contributed by atoms with Crippen LogP contribution in [0, 0.1) is 5.92 Å². The smallest absolute Gasteiger partial charge is 0.241 e. The van der Waals surface area contributed by atoms with Gasteiger partial charge in [0.2, 0.25) is 5.95 Å². The highest BCUT2D eigenvalue weighted by atomic mass is 32.2. The zero-order chi connectivity index (χ0) is 28.8. The fraction of sp³-hybridized carbons (Fsp3) is 0.300. The molecular formula is C30H28N6O3S3. The number of rotatable bonds is 8. The van der Waals surface area contributed by atoms with E-state index in [1.54, 1.807) is 11.3 Å². The van der Waals surface area contributed by atoms with Gasteiger partial charge in [-0.05, 0) is 11.5 Å². The van der Waals surface area contributed by atoms with Crippen LogP contribution in [0.25, 0.3) is 5.00 Å². The van der Waals surface area contributed by atoms with E-state index in [-0.39, 0.29) is 35.3 Å². The summed E-state index contributed by atoms with van der Waals surface area (Å²) >= 11 is 4.45. The minimum Gasteiger partial charge on any atom is -0.372 e. The van der Waals surface area contributed by atoms with Gasteiger partial charge in [-0.15, -0.1) is 21.5 Å². The molecule has 214 valence electrons. The molecule has 3 aliphatic heterocycles. The van der Waals surface area contributed by atoms with Crippen molar-refractivity contribution >= 4 is 57.5 Å². The van der Waals surface area contributed by atoms with E-state index in [0.717, 1.165) is 17.0 Å². The van der Waals surface area contributed by atoms with E-state index >= 15 is 0 Å². The summed E-state index contributed by atoms with van der Waals surface area (Å²) < 4.78 is 8.27. The molecule has 0 fully saturated rings. The fourth-order valence-electron chi connectivity index (χ4n) is 5.37. The van der Waals surface area contributed by atoms with Crippen molar-refractivity contribution in [3.63, 3.8) is 0 Å². The van der Waals surface area contributed by atoms with E-state index in [1.807, 2.05) is 70.1 Å². The molecule has 0 bridgehead atoms. The number of aromatic nitrogens is 3. The second-order valence-corrected chi connectivity index (χ2v) is 13.6. The Morgan fingerprint density at radius 2 is 1.67 bits per heavy atom. The van der Waals surface area contributed by atoms with E-state index in [9.17, 15) is 9.59 Å². The van der Waals surface area contributed by atoms with Gasteiger partial charge in [0, 0.05) is 28.0 Å². The van der Waals surface area contributed by atoms with Crippen molar-refractivity contribution in [2.45, 2.75) is 44.3 Å². The van der Waals surface area contributed by atoms with Crippen molar-refractivity contribution in [3.05, 3.63) is 87.8 Å². The molecule has 0 saturated heterocycles. The minimum absolute atomic E-state index is 0.0329. The van der Waals surface area contributed by atoms with Crippen molar-refractivity contribution in [1.82, 2.24) is 20.2 Å². The van der Waals surface area contributed by atoms with Crippen LogP contribution < -0.4 is 10.3 Å². The molecule has 0 spiro atoms. The molecule has 0 aliphatic carbocycles. The summed E-state index contributed by atoms with van der Waals surface area (Å²) in [4.78, 5) is 29.1. The maximum atomic E-state index is 12.9. The molecule has 12 heteroatoms. The highest BCUT2D eigenvalue weighted by molar-refractivity contribution is 8.14. The van der Waals surface area contributed by atoms with E-state index in [2.05, 4.69) is 34.6 Å². The number of nitrogens with zero attached hydrogens (tertiary/aromatic N) is 5. The van der Waals surface area contributed by atoms with Crippen LogP contribution in [0.2, 0.25) is 0 Å². The molecule has 2 atom stereocenters. The summed E-state index contributed by atoms with van der Waals surface area (Å²) in [5.74, 6) is 1.55. The van der Waals surface area contributed by atoms with Crippen LogP contribution in [-0.4, -0.2) is 49.1 Å². The zero-order valence-corrected chi connectivity index (χ0v) is 25.5. The van der Waals surface area contributed by atoms with Crippen molar-refractivity contribution in [1.29, 1.82) is 0 Å². The first-order valence-corrected chi connectivity index (χ1v) is 16.5. The van der Waals surface area contributed by atoms with Crippen LogP contribution in [0.4, 0.5) is 5.95 Å². The largest absolute Gasteiger partial charge is 0.372 e. The topological polar surface area (TPSA) is 102 Å². The number of thiophene rings is 1. The van der Waals surface area contributed by atoms with Crippen molar-refractivity contribution in [2.24, 2.45) is 11.0 Å². The summed E-state index contributed by atoms with van der Waals surface area (Å²) in [6, 6.07) is 18.6. The molecule has 7 rings (SSSR count). The number of hydrogen-bond acceptors (Lipinski definition) is 11. The monoisotopic (exact) mass is 616 g/mol. The molecular weight excluding hydrogens is 589 g/mol. The molecule has 0 radical (unpaired) electrons. The standard InChI is InChI=1S/C30H28N6O3S3/c1-17(2)23-13-20-24(14-39-23)42-27-25(20)26-31-33-29(40-15-21(37)18-9-5-3-6-10-18)35(26)28-32-34-30(36(27)28)41-16-22(38)19-11-7-4-8-12-19/h3-12,17,23,26,31H,13-16H2,1-2H3/t23-,26?/m0/s1. The summed E-state index contributed by atoms with van der Waals surface area (Å²) in [7, 11) is 0. The van der Waals surface area contributed by atoms with Gasteiger partial charge in [-0.25, -0.2) is 4.57 Å². The number of benzene rings is 2. The molecule has 0 saturated carbocycles. The Morgan fingerprint density at radius 1 is 1.00 bits per heavy atom. The van der Waals surface area contributed by atoms with Crippen LogP contribution in [0.5, 0.6) is 0 Å². The molecule has 2 aromatic carbocycles. The number of ether oxygens (including phenoxy) is 1. The second-order valence-electron chi connectivity index (χ2n) is 10.6. The Hall–Kier alpha value is -3.45. The molecule has 1 unspecified atom stereocenters. The Balaban J connectivity index is 1.22. The first kappa shape index (κ1) is 27.4. The third kappa shape index (κ3) is 4.85. The Labute approximate surface area is 255 Å². The lowest BCUT2D eigenvalue weighted by Crippen LogP contribution is -2.39. The third-order valence-electron chi connectivity index (χ3n) is 7.60. The fourth-order valence-corrected chi connectivity index (χ4v) is 8.41. The van der Waals surface area contributed by atoms with Gasteiger partial charge in [0.05, 0.1) is 24.2 Å². The molecule has 42 heavy (non-hydrogen) atoms. The number of ketones is 2. The molecule has 9 nitrogen and oxygen atoms in total. The van der Waals surface area contributed by atoms with Gasteiger partial charge >= 0.3 is 0 Å². The van der Waals surface area contributed by atoms with Crippen molar-refractivity contribution in [2.75, 3.05) is 16.4 Å². The average Bonchev–Trinajstić information content (AvgIpc) is 3.74. The molecule has 1 N–H and O–H groups in total. The average molecular weight is 617 g/mol. The number of Topliss-reactive ketones (excluding diaryl/α,β-unsaturated/α-hetero) is 2. The van der Waals surface area contributed by atoms with Gasteiger partial charge in [-0.1, -0.05) is 98.0 Å². The molecule has 5 heterocycles. The molecule has 2 aromatic heterocycles. The number of fused-ring (bicyclic) bond motifs is 8. The minimum atomic E-state index is -0.263. The Kier molecular flexibility index (Phi) is 7.39. The number of anilines is 1. The number of amidine groups is 1. The Bertz CT molecular complexity index is 1680. The third-order valence-corrected chi connectivity index (χ3v) is 10.7. The molecule has 0 amide bonds. The lowest BCUT2D eigenvalue weighted by atomic mass is 9.93. The van der Waals surface area contributed by atoms with Crippen molar-refractivity contribution < 1.29 is 14.3 Å². The summed E-state index contributed by atoms with van der Waals surface area (Å²) in [5.41, 5.74) is 7.10. The number of carbonyl (C=O) groups is 2. The van der Waals surface area contributed by atoms with Gasteiger partial charge in [0.15, 0.2) is 28.1 Å². The van der Waals surface area contributed by atoms with E-state index in [0.29, 0.717) is 39.9 Å². The number of hydrazone groups is 1. The van der Waals surface area contributed by atoms with Crippen LogP contribution in [-0.2, 0) is 17.8 Å². The van der Waals surface area contributed by atoms with Gasteiger partial charge in [-0.2, -0.15) is 5.10 Å². The zero-order valence-electron chi connectivity index (χ0n) is 23.0. The second kappa shape index (κ2) is 11.3. The van der Waals surface area contributed by atoms with Gasteiger partial charge < -0.3 is 4.74 Å². The SMILES string of the molecule is CC(C)[C@@H]1Cc2c(sc3c2C2NN=C(SCC(=O)c4ccccc4)N2c2nnc(SCC(=O)c4ccccc4)n2-3)CO1. The number of nitrogens with one attached hydrogen (secondary N) is 1. The highest BCUT2D eigenvalue weighted by Crippen LogP contribution is 2.49. The highest BCUT2D eigenvalue weighted by Gasteiger charge is 2.45. The Morgan fingerprint density at radius 3 is 2.33 bits per heavy atom. The van der Waals surface area contributed by atoms with Crippen LogP contribution >= 0.6 is 34.9 Å². The lowest BCUT2D eigenvalue weighted by molar-refractivity contribution is 0.00135.